The Labute approximate surface area is 177 Å². The lowest BCUT2D eigenvalue weighted by Gasteiger charge is -2.26. The van der Waals surface area contributed by atoms with Gasteiger partial charge in [-0.2, -0.15) is 5.10 Å². The summed E-state index contributed by atoms with van der Waals surface area (Å²) in [4.78, 5) is 15.5. The van der Waals surface area contributed by atoms with Gasteiger partial charge in [-0.15, -0.1) is 0 Å². The molecule has 6 nitrogen and oxygen atoms in total. The lowest BCUT2D eigenvalue weighted by molar-refractivity contribution is 0.0939. The molecule has 158 valence electrons. The summed E-state index contributed by atoms with van der Waals surface area (Å²) in [7, 11) is 0. The highest BCUT2D eigenvalue weighted by atomic mass is 16.3. The van der Waals surface area contributed by atoms with E-state index in [2.05, 4.69) is 23.2 Å². The van der Waals surface area contributed by atoms with Gasteiger partial charge in [-0.3, -0.25) is 4.79 Å². The zero-order valence-electron chi connectivity index (χ0n) is 18.1. The number of nitrogens with zero attached hydrogens (tertiary/aromatic N) is 3. The molecule has 1 amide bonds. The third-order valence-electron chi connectivity index (χ3n) is 5.68. The van der Waals surface area contributed by atoms with Crippen molar-refractivity contribution >= 4 is 5.91 Å². The van der Waals surface area contributed by atoms with Crippen LogP contribution in [-0.2, 0) is 0 Å². The molecule has 6 heteroatoms. The van der Waals surface area contributed by atoms with Crippen molar-refractivity contribution in [2.45, 2.75) is 40.0 Å². The van der Waals surface area contributed by atoms with Crippen molar-refractivity contribution in [3.63, 3.8) is 0 Å². The molecule has 0 radical (unpaired) electrons. The van der Waals surface area contributed by atoms with E-state index in [1.54, 1.807) is 4.68 Å². The van der Waals surface area contributed by atoms with Crippen LogP contribution in [0.2, 0.25) is 0 Å². The van der Waals surface area contributed by atoms with Gasteiger partial charge in [0.2, 0.25) is 0 Å². The number of benzene rings is 1. The minimum Gasteiger partial charge on any atom is -0.460 e. The molecule has 3 aromatic rings. The Morgan fingerprint density at radius 3 is 2.57 bits per heavy atom. The number of carbonyl (C=O) groups excluding carboxylic acids is 1. The molecule has 0 bridgehead atoms. The molecule has 0 atom stereocenters. The third-order valence-corrected chi connectivity index (χ3v) is 5.68. The van der Waals surface area contributed by atoms with Gasteiger partial charge in [0.15, 0.2) is 5.76 Å². The molecule has 1 aliphatic rings. The first kappa shape index (κ1) is 20.4. The summed E-state index contributed by atoms with van der Waals surface area (Å²) in [6.07, 6.45) is 3.81. The fraction of sp³-hybridized carbons (Fsp3) is 0.417. The molecule has 0 saturated carbocycles. The fourth-order valence-electron chi connectivity index (χ4n) is 4.06. The van der Waals surface area contributed by atoms with Crippen LogP contribution in [0, 0.1) is 20.8 Å². The number of hydrogen-bond donors (Lipinski definition) is 1. The molecule has 4 rings (SSSR count). The van der Waals surface area contributed by atoms with Crippen LogP contribution in [0.4, 0.5) is 0 Å². The number of aryl methyl sites for hydroxylation is 3. The second-order valence-electron chi connectivity index (χ2n) is 8.19. The number of carbonyl (C=O) groups is 1. The van der Waals surface area contributed by atoms with Crippen molar-refractivity contribution in [1.29, 1.82) is 0 Å². The molecular formula is C24H30N4O2. The van der Waals surface area contributed by atoms with E-state index in [4.69, 9.17) is 9.52 Å². The Balaban J connectivity index is 1.59. The van der Waals surface area contributed by atoms with Gasteiger partial charge in [0.05, 0.1) is 5.69 Å². The zero-order valence-corrected chi connectivity index (χ0v) is 18.1. The van der Waals surface area contributed by atoms with Gasteiger partial charge in [-0.05, 0) is 70.5 Å². The number of hydrogen-bond acceptors (Lipinski definition) is 4. The summed E-state index contributed by atoms with van der Waals surface area (Å²) < 4.78 is 7.48. The molecule has 1 N–H and O–H groups in total. The van der Waals surface area contributed by atoms with E-state index in [-0.39, 0.29) is 5.91 Å². The van der Waals surface area contributed by atoms with Crippen LogP contribution < -0.4 is 5.32 Å². The van der Waals surface area contributed by atoms with Gasteiger partial charge in [-0.1, -0.05) is 24.1 Å². The van der Waals surface area contributed by atoms with Crippen LogP contribution in [0.15, 0.2) is 40.8 Å². The molecule has 0 spiro atoms. The Bertz CT molecular complexity index is 1030. The summed E-state index contributed by atoms with van der Waals surface area (Å²) in [6.45, 7) is 9.76. The number of likely N-dealkylation sites (tertiary alicyclic amines) is 1. The van der Waals surface area contributed by atoms with E-state index in [9.17, 15) is 4.79 Å². The van der Waals surface area contributed by atoms with E-state index in [0.29, 0.717) is 23.7 Å². The first-order valence-corrected chi connectivity index (χ1v) is 10.8. The number of furan rings is 1. The highest BCUT2D eigenvalue weighted by Crippen LogP contribution is 2.25. The minimum atomic E-state index is -0.117. The monoisotopic (exact) mass is 406 g/mol. The van der Waals surface area contributed by atoms with Crippen molar-refractivity contribution in [1.82, 2.24) is 20.0 Å². The van der Waals surface area contributed by atoms with E-state index >= 15 is 0 Å². The van der Waals surface area contributed by atoms with Crippen LogP contribution in [-0.4, -0.2) is 46.8 Å². The maximum Gasteiger partial charge on any atom is 0.270 e. The lowest BCUT2D eigenvalue weighted by Crippen LogP contribution is -2.38. The summed E-state index contributed by atoms with van der Waals surface area (Å²) >= 11 is 0. The van der Waals surface area contributed by atoms with E-state index < -0.39 is 0 Å². The highest BCUT2D eigenvalue weighted by Gasteiger charge is 2.20. The van der Waals surface area contributed by atoms with Gasteiger partial charge < -0.3 is 14.6 Å². The van der Waals surface area contributed by atoms with Gasteiger partial charge >= 0.3 is 0 Å². The van der Waals surface area contributed by atoms with Crippen LogP contribution in [0.5, 0.6) is 0 Å². The molecular weight excluding hydrogens is 376 g/mol. The zero-order chi connectivity index (χ0) is 21.1. The second kappa shape index (κ2) is 8.88. The molecule has 2 aromatic heterocycles. The normalized spacial score (nSPS) is 14.8. The largest absolute Gasteiger partial charge is 0.460 e. The summed E-state index contributed by atoms with van der Waals surface area (Å²) in [5.41, 5.74) is 4.32. The third kappa shape index (κ3) is 4.49. The summed E-state index contributed by atoms with van der Waals surface area (Å²) in [6, 6.07) is 11.8. The average Bonchev–Trinajstić information content (AvgIpc) is 3.35. The van der Waals surface area contributed by atoms with Crippen molar-refractivity contribution < 1.29 is 9.21 Å². The first-order valence-electron chi connectivity index (χ1n) is 10.8. The smallest absolute Gasteiger partial charge is 0.270 e. The van der Waals surface area contributed by atoms with E-state index in [0.717, 1.165) is 36.6 Å². The Hall–Kier alpha value is -2.86. The minimum absolute atomic E-state index is 0.117. The summed E-state index contributed by atoms with van der Waals surface area (Å²) in [5.74, 6) is 1.37. The topological polar surface area (TPSA) is 63.3 Å². The standard InChI is InChI=1S/C24H30N4O2/c1-17-7-9-21(18(2)15-17)28-22(16-20(26-28)23-10-8-19(3)30-23)24(29)25-11-14-27-12-5-4-6-13-27/h7-10,15-16H,4-6,11-14H2,1-3H3,(H,25,29). The average molecular weight is 407 g/mol. The van der Waals surface area contributed by atoms with Gasteiger partial charge in [0.1, 0.15) is 17.1 Å². The first-order chi connectivity index (χ1) is 14.5. The highest BCUT2D eigenvalue weighted by molar-refractivity contribution is 5.94. The molecule has 30 heavy (non-hydrogen) atoms. The maximum absolute atomic E-state index is 13.1. The van der Waals surface area contributed by atoms with Gasteiger partial charge in [0, 0.05) is 19.2 Å². The number of amides is 1. The number of piperidine rings is 1. The Kier molecular flexibility index (Phi) is 6.04. The SMILES string of the molecule is Cc1ccc(-n2nc(-c3ccc(C)o3)cc2C(=O)NCCN2CCCCC2)c(C)c1. The molecule has 0 unspecified atom stereocenters. The molecule has 1 aromatic carbocycles. The maximum atomic E-state index is 13.1. The molecule has 1 aliphatic heterocycles. The summed E-state index contributed by atoms with van der Waals surface area (Å²) in [5, 5.41) is 7.81. The van der Waals surface area contributed by atoms with E-state index in [1.807, 2.05) is 44.2 Å². The van der Waals surface area contributed by atoms with Crippen molar-refractivity contribution in [2.24, 2.45) is 0 Å². The van der Waals surface area contributed by atoms with Crippen LogP contribution in [0.1, 0.15) is 46.6 Å². The lowest BCUT2D eigenvalue weighted by atomic mass is 10.1. The van der Waals surface area contributed by atoms with Crippen molar-refractivity contribution in [3.05, 3.63) is 59.0 Å². The number of nitrogens with one attached hydrogen (secondary N) is 1. The molecule has 1 saturated heterocycles. The van der Waals surface area contributed by atoms with E-state index in [1.165, 1.54) is 24.8 Å². The molecule has 3 heterocycles. The second-order valence-corrected chi connectivity index (χ2v) is 8.19. The number of aromatic nitrogens is 2. The van der Waals surface area contributed by atoms with Crippen LogP contribution in [0.3, 0.4) is 0 Å². The van der Waals surface area contributed by atoms with Gasteiger partial charge in [-0.25, -0.2) is 4.68 Å². The predicted octanol–water partition coefficient (Wildman–Crippen LogP) is 4.27. The van der Waals surface area contributed by atoms with Crippen LogP contribution in [0.25, 0.3) is 17.1 Å². The van der Waals surface area contributed by atoms with Crippen molar-refractivity contribution in [2.75, 3.05) is 26.2 Å². The Morgan fingerprint density at radius 1 is 1.07 bits per heavy atom. The molecule has 0 aliphatic carbocycles. The number of rotatable bonds is 6. The van der Waals surface area contributed by atoms with Crippen LogP contribution >= 0.6 is 0 Å². The fourth-order valence-corrected chi connectivity index (χ4v) is 4.06. The van der Waals surface area contributed by atoms with Crippen molar-refractivity contribution in [3.8, 4) is 17.1 Å². The Morgan fingerprint density at radius 2 is 1.87 bits per heavy atom. The quantitative estimate of drug-likeness (QED) is 0.664. The van der Waals surface area contributed by atoms with Gasteiger partial charge in [0.25, 0.3) is 5.91 Å². The molecule has 1 fully saturated rings. The predicted molar refractivity (Wildman–Crippen MR) is 118 cm³/mol.